The van der Waals surface area contributed by atoms with Crippen LogP contribution in [0.4, 0.5) is 0 Å². The molecule has 3 aromatic carbocycles. The van der Waals surface area contributed by atoms with Crippen molar-refractivity contribution in [3.05, 3.63) is 108 Å². The van der Waals surface area contributed by atoms with Crippen molar-refractivity contribution < 1.29 is 14.3 Å². The fraction of sp³-hybridized carbons (Fsp3) is 0.208. The van der Waals surface area contributed by atoms with Gasteiger partial charge in [0.15, 0.2) is 11.7 Å². The Hall–Kier alpha value is -2.62. The van der Waals surface area contributed by atoms with E-state index in [0.717, 1.165) is 16.7 Å². The average Bonchev–Trinajstić information content (AvgIpc) is 2.73. The number of benzene rings is 3. The van der Waals surface area contributed by atoms with Gasteiger partial charge in [0, 0.05) is 0 Å². The fourth-order valence-corrected chi connectivity index (χ4v) is 3.38. The molecule has 3 rings (SSSR count). The van der Waals surface area contributed by atoms with Gasteiger partial charge in [-0.3, -0.25) is 0 Å². The van der Waals surface area contributed by atoms with Crippen molar-refractivity contribution in [2.45, 2.75) is 31.1 Å². The molecule has 0 fully saturated rings. The minimum atomic E-state index is -0.974. The van der Waals surface area contributed by atoms with E-state index < -0.39 is 23.2 Å². The smallest absolute Gasteiger partial charge is 0.336 e. The van der Waals surface area contributed by atoms with Gasteiger partial charge < -0.3 is 9.47 Å². The molecule has 0 saturated carbocycles. The Morgan fingerprint density at radius 2 is 1.11 bits per heavy atom. The third-order valence-corrected chi connectivity index (χ3v) is 4.59. The number of ether oxygens (including phenoxy) is 2. The lowest BCUT2D eigenvalue weighted by molar-refractivity contribution is -0.164. The first-order valence-corrected chi connectivity index (χ1v) is 9.66. The highest BCUT2D eigenvalue weighted by atomic mass is 35.5. The molecule has 0 radical (unpaired) electrons. The van der Waals surface area contributed by atoms with E-state index in [1.807, 2.05) is 91.0 Å². The molecule has 2 atom stereocenters. The maximum atomic E-state index is 12.5. The van der Waals surface area contributed by atoms with Gasteiger partial charge in [-0.05, 0) is 30.5 Å². The van der Waals surface area contributed by atoms with E-state index in [0.29, 0.717) is 0 Å². The largest absolute Gasteiger partial charge is 0.444 e. The second-order valence-corrected chi connectivity index (χ2v) is 7.13. The van der Waals surface area contributed by atoms with Gasteiger partial charge >= 0.3 is 5.97 Å². The predicted octanol–water partition coefficient (Wildman–Crippen LogP) is 5.51. The third-order valence-electron chi connectivity index (χ3n) is 4.50. The summed E-state index contributed by atoms with van der Waals surface area (Å²) in [6, 6.07) is 29.6. The quantitative estimate of drug-likeness (QED) is 0.301. The van der Waals surface area contributed by atoms with Crippen LogP contribution in [0.15, 0.2) is 91.0 Å². The van der Waals surface area contributed by atoms with E-state index >= 15 is 0 Å². The number of rotatable bonds is 7. The number of carbonyl (C=O) groups is 1. The fourth-order valence-electron chi connectivity index (χ4n) is 3.29. The van der Waals surface area contributed by atoms with Crippen molar-refractivity contribution in [3.8, 4) is 0 Å². The van der Waals surface area contributed by atoms with E-state index in [-0.39, 0.29) is 0 Å². The summed E-state index contributed by atoms with van der Waals surface area (Å²) in [6.07, 6.45) is -0.832. The monoisotopic (exact) mass is 394 g/mol. The highest BCUT2D eigenvalue weighted by molar-refractivity contribution is 6.20. The number of halogens is 1. The van der Waals surface area contributed by atoms with Crippen molar-refractivity contribution in [1.82, 2.24) is 0 Å². The minimum absolute atomic E-state index is 0.505. The minimum Gasteiger partial charge on any atom is -0.444 e. The molecule has 0 saturated heterocycles. The molecule has 3 aromatic rings. The van der Waals surface area contributed by atoms with E-state index in [4.69, 9.17) is 21.1 Å². The van der Waals surface area contributed by atoms with Crippen LogP contribution in [0, 0.1) is 0 Å². The van der Waals surface area contributed by atoms with E-state index in [9.17, 15) is 4.79 Å². The Kier molecular flexibility index (Phi) is 6.50. The van der Waals surface area contributed by atoms with Crippen LogP contribution in [0.5, 0.6) is 0 Å². The van der Waals surface area contributed by atoms with Crippen LogP contribution in [0.25, 0.3) is 0 Å². The Morgan fingerprint density at radius 1 is 0.750 bits per heavy atom. The van der Waals surface area contributed by atoms with Gasteiger partial charge in [-0.25, -0.2) is 4.79 Å². The van der Waals surface area contributed by atoms with Crippen LogP contribution < -0.4 is 0 Å². The molecule has 0 aliphatic carbocycles. The zero-order valence-electron chi connectivity index (χ0n) is 15.9. The molecular formula is C24H23ClO3. The van der Waals surface area contributed by atoms with Crippen LogP contribution in [0.1, 0.15) is 30.5 Å². The average molecular weight is 395 g/mol. The topological polar surface area (TPSA) is 35.5 Å². The zero-order chi connectivity index (χ0) is 20.0. The summed E-state index contributed by atoms with van der Waals surface area (Å²) in [5.74, 6) is -0.505. The van der Waals surface area contributed by atoms with Gasteiger partial charge in [-0.1, -0.05) is 103 Å². The standard InChI is InChI=1S/C24H23ClO3/c1-18(23(26)27-19(2)25)28-24(20-12-6-3-7-13-20,21-14-8-4-9-15-21)22-16-10-5-11-17-22/h3-19H,1-2H3/t18-,19?/m1/s1. The third kappa shape index (κ3) is 4.27. The lowest BCUT2D eigenvalue weighted by Crippen LogP contribution is -2.39. The van der Waals surface area contributed by atoms with Gasteiger partial charge in [-0.15, -0.1) is 0 Å². The second kappa shape index (κ2) is 9.05. The Morgan fingerprint density at radius 3 is 1.43 bits per heavy atom. The Labute approximate surface area is 170 Å². The molecule has 0 heterocycles. The van der Waals surface area contributed by atoms with Crippen LogP contribution in [-0.4, -0.2) is 17.6 Å². The summed E-state index contributed by atoms with van der Waals surface area (Å²) in [5, 5.41) is 0. The molecule has 0 spiro atoms. The lowest BCUT2D eigenvalue weighted by Gasteiger charge is -2.37. The first kappa shape index (κ1) is 20.1. The summed E-state index contributed by atoms with van der Waals surface area (Å²) < 4.78 is 11.7. The van der Waals surface area contributed by atoms with Gasteiger partial charge in [0.05, 0.1) is 0 Å². The van der Waals surface area contributed by atoms with Gasteiger partial charge in [0.2, 0.25) is 0 Å². The molecular weight excluding hydrogens is 372 g/mol. The Balaban J connectivity index is 2.18. The highest BCUT2D eigenvalue weighted by Gasteiger charge is 2.40. The molecule has 1 unspecified atom stereocenters. The first-order valence-electron chi connectivity index (χ1n) is 9.23. The number of hydrogen-bond donors (Lipinski definition) is 0. The summed E-state index contributed by atoms with van der Waals surface area (Å²) in [6.45, 7) is 3.29. The molecule has 4 heteroatoms. The predicted molar refractivity (Wildman–Crippen MR) is 111 cm³/mol. The van der Waals surface area contributed by atoms with Crippen LogP contribution in [-0.2, 0) is 19.9 Å². The van der Waals surface area contributed by atoms with Crippen molar-refractivity contribution >= 4 is 17.6 Å². The number of alkyl halides is 1. The second-order valence-electron chi connectivity index (χ2n) is 6.52. The van der Waals surface area contributed by atoms with Crippen molar-refractivity contribution in [3.63, 3.8) is 0 Å². The van der Waals surface area contributed by atoms with E-state index in [2.05, 4.69) is 0 Å². The molecule has 3 nitrogen and oxygen atoms in total. The highest BCUT2D eigenvalue weighted by Crippen LogP contribution is 2.41. The summed E-state index contributed by atoms with van der Waals surface area (Å²) >= 11 is 5.84. The normalized spacial score (nSPS) is 13.5. The summed E-state index contributed by atoms with van der Waals surface area (Å²) in [5.41, 5.74) is 1.07. The van der Waals surface area contributed by atoms with E-state index in [1.165, 1.54) is 0 Å². The van der Waals surface area contributed by atoms with Crippen molar-refractivity contribution in [2.24, 2.45) is 0 Å². The number of carbonyl (C=O) groups excluding carboxylic acids is 1. The molecule has 0 amide bonds. The van der Waals surface area contributed by atoms with E-state index in [1.54, 1.807) is 13.8 Å². The molecule has 28 heavy (non-hydrogen) atoms. The maximum absolute atomic E-state index is 12.5. The molecule has 0 aromatic heterocycles. The van der Waals surface area contributed by atoms with Gasteiger partial charge in [0.25, 0.3) is 0 Å². The molecule has 0 aliphatic heterocycles. The SMILES string of the molecule is CC(Cl)OC(=O)[C@@H](C)OC(c1ccccc1)(c1ccccc1)c1ccccc1. The van der Waals surface area contributed by atoms with Gasteiger partial charge in [0.1, 0.15) is 5.60 Å². The van der Waals surface area contributed by atoms with Crippen LogP contribution in [0.3, 0.4) is 0 Å². The zero-order valence-corrected chi connectivity index (χ0v) is 16.7. The maximum Gasteiger partial charge on any atom is 0.336 e. The van der Waals surface area contributed by atoms with Crippen molar-refractivity contribution in [1.29, 1.82) is 0 Å². The molecule has 0 N–H and O–H groups in total. The molecule has 0 aliphatic rings. The number of esters is 1. The molecule has 144 valence electrons. The number of hydrogen-bond acceptors (Lipinski definition) is 3. The lowest BCUT2D eigenvalue weighted by atomic mass is 9.80. The molecule has 0 bridgehead atoms. The van der Waals surface area contributed by atoms with Crippen molar-refractivity contribution in [2.75, 3.05) is 0 Å². The van der Waals surface area contributed by atoms with Crippen LogP contribution >= 0.6 is 11.6 Å². The van der Waals surface area contributed by atoms with Gasteiger partial charge in [-0.2, -0.15) is 0 Å². The van der Waals surface area contributed by atoms with Crippen LogP contribution in [0.2, 0.25) is 0 Å². The first-order chi connectivity index (χ1) is 13.5. The summed E-state index contributed by atoms with van der Waals surface area (Å²) in [7, 11) is 0. The Bertz CT molecular complexity index is 783. The summed E-state index contributed by atoms with van der Waals surface area (Å²) in [4.78, 5) is 12.5.